The number of nitrogens with zero attached hydrogens (tertiary/aromatic N) is 3. The van der Waals surface area contributed by atoms with E-state index in [0.717, 1.165) is 0 Å². The van der Waals surface area contributed by atoms with E-state index in [1.807, 2.05) is 4.90 Å². The summed E-state index contributed by atoms with van der Waals surface area (Å²) in [6.45, 7) is 3.39. The third-order valence-electron chi connectivity index (χ3n) is 3.08. The van der Waals surface area contributed by atoms with Crippen LogP contribution >= 0.6 is 0 Å². The van der Waals surface area contributed by atoms with Crippen LogP contribution in [0.25, 0.3) is 0 Å². The van der Waals surface area contributed by atoms with Gasteiger partial charge in [0.25, 0.3) is 12.6 Å². The molecule has 0 bridgehead atoms. The zero-order chi connectivity index (χ0) is 15.0. The summed E-state index contributed by atoms with van der Waals surface area (Å²) in [4.78, 5) is 15.2. The number of allylic oxidation sites excluding steroid dienone is 2. The van der Waals surface area contributed by atoms with E-state index in [2.05, 4.69) is 10.3 Å². The fraction of sp³-hybridized carbons (Fsp3) is 0.750. The summed E-state index contributed by atoms with van der Waals surface area (Å²) in [5.74, 6) is -2.52. The fourth-order valence-electron chi connectivity index (χ4n) is 1.89. The second-order valence-corrected chi connectivity index (χ2v) is 4.65. The van der Waals surface area contributed by atoms with Crippen molar-refractivity contribution < 1.29 is 13.7 Å². The van der Waals surface area contributed by atoms with Crippen molar-refractivity contribution in [3.05, 3.63) is 21.9 Å². The standard InChI is InChI=1S/C12H20F2N4O2/c1-2-11(9-15-10-18(19)20)16-5-8-17-6-3-12(13,14)4-7-17/h2,9,16H,3-8,10H2,1H3/b11-2+,15-9?. The van der Waals surface area contributed by atoms with Gasteiger partial charge in [-0.15, -0.1) is 0 Å². The van der Waals surface area contributed by atoms with Crippen molar-refractivity contribution in [2.75, 3.05) is 32.8 Å². The van der Waals surface area contributed by atoms with E-state index in [1.165, 1.54) is 6.21 Å². The minimum Gasteiger partial charge on any atom is -0.383 e. The molecular formula is C12H20F2N4O2. The summed E-state index contributed by atoms with van der Waals surface area (Å²) in [6, 6.07) is 0. The van der Waals surface area contributed by atoms with Crippen LogP contribution in [0, 0.1) is 10.1 Å². The highest BCUT2D eigenvalue weighted by Crippen LogP contribution is 2.27. The van der Waals surface area contributed by atoms with Crippen molar-refractivity contribution in [3.63, 3.8) is 0 Å². The van der Waals surface area contributed by atoms with Gasteiger partial charge in [-0.2, -0.15) is 0 Å². The molecule has 0 aromatic rings. The summed E-state index contributed by atoms with van der Waals surface area (Å²) in [5.41, 5.74) is 0.689. The van der Waals surface area contributed by atoms with Crippen LogP contribution in [0.1, 0.15) is 19.8 Å². The number of likely N-dealkylation sites (tertiary alicyclic amines) is 1. The van der Waals surface area contributed by atoms with Crippen LogP contribution in [0.2, 0.25) is 0 Å². The van der Waals surface area contributed by atoms with E-state index < -0.39 is 17.5 Å². The summed E-state index contributed by atoms with van der Waals surface area (Å²) in [6.07, 6.45) is 2.99. The lowest BCUT2D eigenvalue weighted by molar-refractivity contribution is -0.477. The van der Waals surface area contributed by atoms with E-state index in [1.54, 1.807) is 13.0 Å². The van der Waals surface area contributed by atoms with Gasteiger partial charge in [0, 0.05) is 49.6 Å². The fourth-order valence-corrected chi connectivity index (χ4v) is 1.89. The molecule has 0 aromatic carbocycles. The number of rotatable bonds is 7. The van der Waals surface area contributed by atoms with Gasteiger partial charge >= 0.3 is 0 Å². The molecule has 0 radical (unpaired) electrons. The highest BCUT2D eigenvalue weighted by atomic mass is 19.3. The van der Waals surface area contributed by atoms with Gasteiger partial charge in [-0.05, 0) is 6.92 Å². The highest BCUT2D eigenvalue weighted by Gasteiger charge is 2.33. The second kappa shape index (κ2) is 7.88. The van der Waals surface area contributed by atoms with Gasteiger partial charge in [0.2, 0.25) is 0 Å². The van der Waals surface area contributed by atoms with Crippen molar-refractivity contribution in [3.8, 4) is 0 Å². The monoisotopic (exact) mass is 290 g/mol. The molecule has 1 aliphatic heterocycles. The summed E-state index contributed by atoms with van der Waals surface area (Å²) < 4.78 is 25.9. The Balaban J connectivity index is 2.22. The van der Waals surface area contributed by atoms with Crippen molar-refractivity contribution in [1.29, 1.82) is 0 Å². The smallest absolute Gasteiger partial charge is 0.294 e. The molecule has 1 rings (SSSR count). The molecule has 8 heteroatoms. The first kappa shape index (κ1) is 16.5. The van der Waals surface area contributed by atoms with E-state index in [-0.39, 0.29) is 12.8 Å². The molecule has 0 saturated carbocycles. The van der Waals surface area contributed by atoms with Crippen molar-refractivity contribution in [2.45, 2.75) is 25.7 Å². The Labute approximate surface area is 116 Å². The van der Waals surface area contributed by atoms with E-state index in [9.17, 15) is 18.9 Å². The largest absolute Gasteiger partial charge is 0.383 e. The third-order valence-corrected chi connectivity index (χ3v) is 3.08. The number of alkyl halides is 2. The van der Waals surface area contributed by atoms with Crippen molar-refractivity contribution >= 4 is 6.21 Å². The predicted octanol–water partition coefficient (Wildman–Crippen LogP) is 1.52. The average molecular weight is 290 g/mol. The SMILES string of the molecule is C/C=C(\C=NC[N+](=O)[O-])NCCN1CCC(F)(F)CC1. The van der Waals surface area contributed by atoms with Crippen molar-refractivity contribution in [1.82, 2.24) is 10.2 Å². The molecular weight excluding hydrogens is 270 g/mol. The molecule has 1 fully saturated rings. The maximum absolute atomic E-state index is 13.0. The number of hydrogen-bond acceptors (Lipinski definition) is 5. The molecule has 0 aromatic heterocycles. The molecule has 0 aliphatic carbocycles. The lowest BCUT2D eigenvalue weighted by atomic mass is 10.1. The Morgan fingerprint density at radius 3 is 2.70 bits per heavy atom. The van der Waals surface area contributed by atoms with E-state index >= 15 is 0 Å². The van der Waals surface area contributed by atoms with Crippen LogP contribution in [-0.2, 0) is 0 Å². The lowest BCUT2D eigenvalue weighted by Gasteiger charge is -2.31. The first-order valence-corrected chi connectivity index (χ1v) is 6.55. The molecule has 1 aliphatic rings. The summed E-state index contributed by atoms with van der Waals surface area (Å²) >= 11 is 0. The minimum absolute atomic E-state index is 0.0895. The Kier molecular flexibility index (Phi) is 6.50. The van der Waals surface area contributed by atoms with Gasteiger partial charge in [0.05, 0.1) is 6.21 Å². The van der Waals surface area contributed by atoms with Crippen LogP contribution in [0.5, 0.6) is 0 Å². The minimum atomic E-state index is -2.52. The summed E-state index contributed by atoms with van der Waals surface area (Å²) in [7, 11) is 0. The van der Waals surface area contributed by atoms with Gasteiger partial charge < -0.3 is 10.2 Å². The molecule has 20 heavy (non-hydrogen) atoms. The third kappa shape index (κ3) is 6.55. The molecule has 0 spiro atoms. The number of nitro groups is 1. The molecule has 6 nitrogen and oxygen atoms in total. The van der Waals surface area contributed by atoms with E-state index in [0.29, 0.717) is 31.9 Å². The zero-order valence-corrected chi connectivity index (χ0v) is 11.5. The van der Waals surface area contributed by atoms with Crippen LogP contribution < -0.4 is 5.32 Å². The predicted molar refractivity (Wildman–Crippen MR) is 72.7 cm³/mol. The number of nitrogens with one attached hydrogen (secondary N) is 1. The molecule has 0 atom stereocenters. The average Bonchev–Trinajstić information content (AvgIpc) is 2.38. The maximum atomic E-state index is 13.0. The van der Waals surface area contributed by atoms with E-state index in [4.69, 9.17) is 0 Å². The van der Waals surface area contributed by atoms with Gasteiger partial charge in [0.15, 0.2) is 0 Å². The van der Waals surface area contributed by atoms with Gasteiger partial charge in [-0.1, -0.05) is 6.08 Å². The summed E-state index contributed by atoms with van der Waals surface area (Å²) in [5, 5.41) is 13.2. The van der Waals surface area contributed by atoms with Crippen LogP contribution in [-0.4, -0.2) is 54.8 Å². The van der Waals surface area contributed by atoms with Gasteiger partial charge in [0.1, 0.15) is 0 Å². The number of aliphatic imine (C=N–C) groups is 1. The topological polar surface area (TPSA) is 70.8 Å². The first-order valence-electron chi connectivity index (χ1n) is 6.55. The molecule has 0 amide bonds. The molecule has 0 unspecified atom stereocenters. The molecule has 1 N–H and O–H groups in total. The van der Waals surface area contributed by atoms with Crippen LogP contribution in [0.15, 0.2) is 16.8 Å². The number of hydrogen-bond donors (Lipinski definition) is 1. The number of piperidine rings is 1. The van der Waals surface area contributed by atoms with Crippen molar-refractivity contribution in [2.24, 2.45) is 4.99 Å². The normalized spacial score (nSPS) is 20.2. The van der Waals surface area contributed by atoms with Gasteiger partial charge in [-0.25, -0.2) is 13.8 Å². The Morgan fingerprint density at radius 1 is 1.50 bits per heavy atom. The highest BCUT2D eigenvalue weighted by molar-refractivity contribution is 5.77. The lowest BCUT2D eigenvalue weighted by Crippen LogP contribution is -2.42. The molecule has 1 saturated heterocycles. The van der Waals surface area contributed by atoms with Gasteiger partial charge in [-0.3, -0.25) is 10.1 Å². The first-order chi connectivity index (χ1) is 9.43. The van der Waals surface area contributed by atoms with Crippen LogP contribution in [0.4, 0.5) is 8.78 Å². The Morgan fingerprint density at radius 2 is 2.15 bits per heavy atom. The number of halogens is 2. The van der Waals surface area contributed by atoms with Crippen LogP contribution in [0.3, 0.4) is 0 Å². The second-order valence-electron chi connectivity index (χ2n) is 4.65. The quantitative estimate of drug-likeness (QED) is 0.438. The molecule has 1 heterocycles. The molecule has 114 valence electrons. The Hall–Kier alpha value is -1.57. The maximum Gasteiger partial charge on any atom is 0.294 e. The zero-order valence-electron chi connectivity index (χ0n) is 11.5. The Bertz CT molecular complexity index is 376.